The zero-order chi connectivity index (χ0) is 21.8. The Hall–Kier alpha value is -1.84. The van der Waals surface area contributed by atoms with Gasteiger partial charge in [0.25, 0.3) is 0 Å². The molecule has 0 aliphatic heterocycles. The number of guanidine groups is 1. The fourth-order valence-electron chi connectivity index (χ4n) is 3.11. The number of hydrogen-bond acceptors (Lipinski definition) is 4. The van der Waals surface area contributed by atoms with Crippen molar-refractivity contribution in [1.82, 2.24) is 15.5 Å². The second kappa shape index (κ2) is 15.0. The topological polar surface area (TPSA) is 58.1 Å². The summed E-state index contributed by atoms with van der Waals surface area (Å²) in [6.07, 6.45) is 0.979. The molecule has 0 amide bonds. The second-order valence-electron chi connectivity index (χ2n) is 7.57. The molecule has 1 unspecified atom stereocenters. The Labute approximate surface area is 204 Å². The van der Waals surface area contributed by atoms with Gasteiger partial charge in [-0.1, -0.05) is 42.5 Å². The predicted molar refractivity (Wildman–Crippen MR) is 140 cm³/mol. The van der Waals surface area contributed by atoms with Crippen LogP contribution in [-0.4, -0.2) is 64.9 Å². The van der Waals surface area contributed by atoms with E-state index in [9.17, 15) is 0 Å². The molecule has 0 saturated carbocycles. The van der Waals surface area contributed by atoms with E-state index in [0.29, 0.717) is 25.8 Å². The summed E-state index contributed by atoms with van der Waals surface area (Å²) in [6.45, 7) is 4.59. The van der Waals surface area contributed by atoms with Crippen molar-refractivity contribution in [2.75, 3.05) is 48.0 Å². The fraction of sp³-hybridized carbons (Fsp3) is 0.458. The number of methoxy groups -OCH3 is 1. The van der Waals surface area contributed by atoms with Crippen LogP contribution in [0, 0.1) is 6.92 Å². The third kappa shape index (κ3) is 9.88. The summed E-state index contributed by atoms with van der Waals surface area (Å²) < 4.78 is 11.0. The molecule has 0 heterocycles. The molecule has 0 radical (unpaired) electrons. The maximum absolute atomic E-state index is 5.89. The van der Waals surface area contributed by atoms with Crippen molar-refractivity contribution < 1.29 is 9.47 Å². The van der Waals surface area contributed by atoms with Gasteiger partial charge in [0.1, 0.15) is 12.4 Å². The zero-order valence-corrected chi connectivity index (χ0v) is 21.7. The lowest BCUT2D eigenvalue weighted by molar-refractivity contribution is 0.145. The van der Waals surface area contributed by atoms with Crippen LogP contribution in [0.4, 0.5) is 0 Å². The van der Waals surface area contributed by atoms with Crippen LogP contribution in [0.25, 0.3) is 0 Å². The predicted octanol–water partition coefficient (Wildman–Crippen LogP) is 3.48. The molecule has 0 bridgehead atoms. The summed E-state index contributed by atoms with van der Waals surface area (Å²) in [5.74, 6) is 1.66. The summed E-state index contributed by atoms with van der Waals surface area (Å²) in [4.78, 5) is 6.62. The third-order valence-corrected chi connectivity index (χ3v) is 4.99. The van der Waals surface area contributed by atoms with Crippen LogP contribution in [0.5, 0.6) is 5.75 Å². The number of aryl methyl sites for hydroxylation is 1. The Morgan fingerprint density at radius 2 is 1.81 bits per heavy atom. The number of aliphatic imine (C=N–C) groups is 1. The monoisotopic (exact) mass is 540 g/mol. The van der Waals surface area contributed by atoms with Crippen LogP contribution in [0.2, 0.25) is 0 Å². The smallest absolute Gasteiger partial charge is 0.191 e. The van der Waals surface area contributed by atoms with Gasteiger partial charge in [-0.2, -0.15) is 0 Å². The van der Waals surface area contributed by atoms with E-state index in [1.54, 1.807) is 14.2 Å². The number of nitrogens with one attached hydrogen (secondary N) is 2. The highest BCUT2D eigenvalue weighted by Crippen LogP contribution is 2.20. The first-order chi connectivity index (χ1) is 14.5. The number of hydrogen-bond donors (Lipinski definition) is 2. The van der Waals surface area contributed by atoms with Crippen molar-refractivity contribution in [2.45, 2.75) is 25.9 Å². The van der Waals surface area contributed by atoms with Crippen LogP contribution in [-0.2, 0) is 17.7 Å². The highest BCUT2D eigenvalue weighted by Gasteiger charge is 2.13. The van der Waals surface area contributed by atoms with Gasteiger partial charge in [-0.15, -0.1) is 24.0 Å². The number of halogens is 1. The van der Waals surface area contributed by atoms with E-state index in [0.717, 1.165) is 30.2 Å². The Balaban J connectivity index is 0.00000480. The van der Waals surface area contributed by atoms with Crippen LogP contribution in [0.1, 0.15) is 16.7 Å². The van der Waals surface area contributed by atoms with Crippen molar-refractivity contribution in [3.63, 3.8) is 0 Å². The first-order valence-electron chi connectivity index (χ1n) is 10.4. The van der Waals surface area contributed by atoms with Gasteiger partial charge in [0.2, 0.25) is 0 Å². The number of rotatable bonds is 11. The second-order valence-corrected chi connectivity index (χ2v) is 7.57. The molecule has 31 heavy (non-hydrogen) atoms. The van der Waals surface area contributed by atoms with E-state index in [1.807, 2.05) is 0 Å². The largest absolute Gasteiger partial charge is 0.491 e. The molecular weight excluding hydrogens is 503 g/mol. The highest BCUT2D eigenvalue weighted by atomic mass is 127. The van der Waals surface area contributed by atoms with Crippen LogP contribution >= 0.6 is 24.0 Å². The van der Waals surface area contributed by atoms with E-state index in [4.69, 9.17) is 9.47 Å². The minimum atomic E-state index is 0. The Morgan fingerprint density at radius 1 is 1.06 bits per heavy atom. The first-order valence-corrected chi connectivity index (χ1v) is 10.4. The van der Waals surface area contributed by atoms with Gasteiger partial charge < -0.3 is 25.0 Å². The average Bonchev–Trinajstić information content (AvgIpc) is 2.74. The third-order valence-electron chi connectivity index (χ3n) is 4.99. The Morgan fingerprint density at radius 3 is 2.45 bits per heavy atom. The lowest BCUT2D eigenvalue weighted by Crippen LogP contribution is -2.45. The minimum absolute atomic E-state index is 0. The Bertz CT molecular complexity index is 784. The molecule has 0 spiro atoms. The van der Waals surface area contributed by atoms with Crippen molar-refractivity contribution >= 4 is 29.9 Å². The molecule has 172 valence electrons. The number of benzene rings is 2. The first kappa shape index (κ1) is 27.2. The van der Waals surface area contributed by atoms with Crippen molar-refractivity contribution in [3.8, 4) is 5.75 Å². The van der Waals surface area contributed by atoms with E-state index in [2.05, 4.69) is 90.1 Å². The molecule has 0 saturated heterocycles. The molecule has 2 aromatic rings. The summed E-state index contributed by atoms with van der Waals surface area (Å²) in [5, 5.41) is 6.86. The molecule has 2 N–H and O–H groups in total. The number of nitrogens with zero attached hydrogens (tertiary/aromatic N) is 2. The quantitative estimate of drug-likeness (QED) is 0.198. The van der Waals surface area contributed by atoms with Crippen molar-refractivity contribution in [1.29, 1.82) is 0 Å². The van der Waals surface area contributed by atoms with Crippen LogP contribution in [0.15, 0.2) is 53.5 Å². The van der Waals surface area contributed by atoms with Gasteiger partial charge in [-0.25, -0.2) is 0 Å². The average molecular weight is 540 g/mol. The SMILES string of the molecule is CN=C(NCc1ccc(C)cc1OCCOC)NCC(Cc1ccccc1)N(C)C.I. The van der Waals surface area contributed by atoms with Gasteiger partial charge in [0.15, 0.2) is 5.96 Å². The number of likely N-dealkylation sites (N-methyl/N-ethyl adjacent to an activating group) is 1. The van der Waals surface area contributed by atoms with Crippen LogP contribution in [0.3, 0.4) is 0 Å². The van der Waals surface area contributed by atoms with Gasteiger partial charge >= 0.3 is 0 Å². The molecule has 1 atom stereocenters. The minimum Gasteiger partial charge on any atom is -0.491 e. The maximum Gasteiger partial charge on any atom is 0.191 e. The summed E-state index contributed by atoms with van der Waals surface area (Å²) >= 11 is 0. The standard InChI is InChI=1S/C24H36N4O2.HI/c1-19-11-12-21(23(15-19)30-14-13-29-5)17-26-24(25-2)27-18-22(28(3)4)16-20-9-7-6-8-10-20;/h6-12,15,22H,13-14,16-18H2,1-5H3,(H2,25,26,27);1H. The number of ether oxygens (including phenoxy) is 2. The van der Waals surface area contributed by atoms with E-state index in [1.165, 1.54) is 11.1 Å². The molecule has 7 heteroatoms. The lowest BCUT2D eigenvalue weighted by atomic mass is 10.1. The van der Waals surface area contributed by atoms with Crippen molar-refractivity contribution in [2.24, 2.45) is 4.99 Å². The van der Waals surface area contributed by atoms with E-state index >= 15 is 0 Å². The van der Waals surface area contributed by atoms with Crippen LogP contribution < -0.4 is 15.4 Å². The molecule has 6 nitrogen and oxygen atoms in total. The summed E-state index contributed by atoms with van der Waals surface area (Å²) in [6, 6.07) is 17.2. The van der Waals surface area contributed by atoms with Gasteiger partial charge in [-0.05, 0) is 44.6 Å². The highest BCUT2D eigenvalue weighted by molar-refractivity contribution is 14.0. The van der Waals surface area contributed by atoms with E-state index < -0.39 is 0 Å². The summed E-state index contributed by atoms with van der Waals surface area (Å²) in [7, 11) is 7.70. The van der Waals surface area contributed by atoms with Crippen molar-refractivity contribution in [3.05, 3.63) is 65.2 Å². The molecule has 2 aromatic carbocycles. The summed E-state index contributed by atoms with van der Waals surface area (Å²) in [5.41, 5.74) is 3.59. The normalized spacial score (nSPS) is 12.3. The lowest BCUT2D eigenvalue weighted by Gasteiger charge is -2.26. The van der Waals surface area contributed by atoms with Gasteiger partial charge in [-0.3, -0.25) is 4.99 Å². The Kier molecular flexibility index (Phi) is 13.2. The van der Waals surface area contributed by atoms with Gasteiger partial charge in [0.05, 0.1) is 6.61 Å². The van der Waals surface area contributed by atoms with Gasteiger partial charge in [0, 0.05) is 38.9 Å². The molecule has 0 aliphatic rings. The fourth-order valence-corrected chi connectivity index (χ4v) is 3.11. The molecule has 0 aliphatic carbocycles. The zero-order valence-electron chi connectivity index (χ0n) is 19.4. The molecular formula is C24H37IN4O2. The maximum atomic E-state index is 5.89. The molecule has 0 aromatic heterocycles. The van der Waals surface area contributed by atoms with E-state index in [-0.39, 0.29) is 24.0 Å². The molecule has 0 fully saturated rings. The molecule has 2 rings (SSSR count).